The number of hydrogen-bond acceptors (Lipinski definition) is 1. The van der Waals surface area contributed by atoms with Gasteiger partial charge in [0.1, 0.15) is 5.82 Å². The second-order valence-corrected chi connectivity index (χ2v) is 5.67. The molecule has 0 saturated carbocycles. The fourth-order valence-corrected chi connectivity index (χ4v) is 3.01. The second kappa shape index (κ2) is 5.83. The number of likely N-dealkylation sites (tertiary alicyclic amines) is 1. The summed E-state index contributed by atoms with van der Waals surface area (Å²) in [5.74, 6) is 0.294. The lowest BCUT2D eigenvalue weighted by Gasteiger charge is -2.17. The van der Waals surface area contributed by atoms with Gasteiger partial charge in [0.2, 0.25) is 0 Å². The van der Waals surface area contributed by atoms with Crippen LogP contribution in [0.3, 0.4) is 0 Å². The van der Waals surface area contributed by atoms with E-state index in [4.69, 9.17) is 0 Å². The average Bonchev–Trinajstić information content (AvgIpc) is 2.77. The summed E-state index contributed by atoms with van der Waals surface area (Å²) in [5, 5.41) is 0. The van der Waals surface area contributed by atoms with Crippen molar-refractivity contribution in [1.29, 1.82) is 0 Å². The molecule has 1 atom stereocenters. The topological polar surface area (TPSA) is 20.3 Å². The lowest BCUT2D eigenvalue weighted by Crippen LogP contribution is -2.29. The van der Waals surface area contributed by atoms with Crippen LogP contribution in [0.5, 0.6) is 0 Å². The van der Waals surface area contributed by atoms with Crippen molar-refractivity contribution in [2.24, 2.45) is 5.92 Å². The maximum atomic E-state index is 13.0. The molecule has 1 aromatic rings. The zero-order valence-electron chi connectivity index (χ0n) is 10.5. The Labute approximate surface area is 115 Å². The normalized spacial score (nSPS) is 19.3. The van der Waals surface area contributed by atoms with Crippen LogP contribution in [0.15, 0.2) is 22.7 Å². The van der Waals surface area contributed by atoms with Crippen molar-refractivity contribution in [3.8, 4) is 0 Å². The third kappa shape index (κ3) is 2.91. The Balaban J connectivity index is 2.08. The largest absolute Gasteiger partial charge is 0.338 e. The van der Waals surface area contributed by atoms with Crippen LogP contribution in [-0.4, -0.2) is 23.9 Å². The van der Waals surface area contributed by atoms with Crippen LogP contribution in [0.4, 0.5) is 4.39 Å². The molecule has 0 N–H and O–H groups in total. The number of rotatable bonds is 3. The molecule has 1 heterocycles. The quantitative estimate of drug-likeness (QED) is 0.830. The highest BCUT2D eigenvalue weighted by atomic mass is 79.9. The summed E-state index contributed by atoms with van der Waals surface area (Å²) < 4.78 is 13.5. The van der Waals surface area contributed by atoms with Crippen molar-refractivity contribution in [3.63, 3.8) is 0 Å². The van der Waals surface area contributed by atoms with Gasteiger partial charge in [0.25, 0.3) is 5.91 Å². The summed E-state index contributed by atoms with van der Waals surface area (Å²) in [6.45, 7) is 3.81. The highest BCUT2D eigenvalue weighted by molar-refractivity contribution is 9.10. The predicted octanol–water partition coefficient (Wildman–Crippen LogP) is 3.85. The van der Waals surface area contributed by atoms with E-state index >= 15 is 0 Å². The number of carbonyl (C=O) groups excluding carboxylic acids is 1. The molecule has 0 spiro atoms. The molecule has 18 heavy (non-hydrogen) atoms. The first-order valence-electron chi connectivity index (χ1n) is 6.36. The van der Waals surface area contributed by atoms with Crippen molar-refractivity contribution in [3.05, 3.63) is 34.1 Å². The van der Waals surface area contributed by atoms with Gasteiger partial charge in [-0.25, -0.2) is 4.39 Å². The summed E-state index contributed by atoms with van der Waals surface area (Å²) in [6.07, 6.45) is 3.42. The standard InChI is InChI=1S/C14H17BrFNO/c1-2-3-10-6-7-17(9-10)14(18)12-5-4-11(16)8-13(12)15/h4-5,8,10H,2-3,6-7,9H2,1H3. The molecule has 1 aromatic carbocycles. The van der Waals surface area contributed by atoms with E-state index < -0.39 is 0 Å². The third-order valence-corrected chi connectivity index (χ3v) is 4.09. The van der Waals surface area contributed by atoms with Gasteiger partial charge in [-0.2, -0.15) is 0 Å². The predicted molar refractivity (Wildman–Crippen MR) is 73.0 cm³/mol. The van der Waals surface area contributed by atoms with E-state index in [0.717, 1.165) is 25.9 Å². The molecule has 0 aliphatic carbocycles. The minimum Gasteiger partial charge on any atom is -0.338 e. The second-order valence-electron chi connectivity index (χ2n) is 4.82. The maximum absolute atomic E-state index is 13.0. The number of benzene rings is 1. The third-order valence-electron chi connectivity index (χ3n) is 3.43. The summed E-state index contributed by atoms with van der Waals surface area (Å²) in [7, 11) is 0. The first-order valence-corrected chi connectivity index (χ1v) is 7.15. The van der Waals surface area contributed by atoms with Crippen LogP contribution in [0, 0.1) is 11.7 Å². The molecular formula is C14H17BrFNO. The van der Waals surface area contributed by atoms with E-state index in [1.54, 1.807) is 6.07 Å². The summed E-state index contributed by atoms with van der Waals surface area (Å²) >= 11 is 3.25. The molecular weight excluding hydrogens is 297 g/mol. The van der Waals surface area contributed by atoms with Crippen LogP contribution < -0.4 is 0 Å². The molecule has 1 saturated heterocycles. The van der Waals surface area contributed by atoms with Crippen molar-refractivity contribution >= 4 is 21.8 Å². The Bertz CT molecular complexity index is 449. The van der Waals surface area contributed by atoms with E-state index in [-0.39, 0.29) is 11.7 Å². The molecule has 2 nitrogen and oxygen atoms in total. The molecule has 2 rings (SSSR count). The van der Waals surface area contributed by atoms with Gasteiger partial charge in [0.05, 0.1) is 5.56 Å². The van der Waals surface area contributed by atoms with Gasteiger partial charge in [0, 0.05) is 17.6 Å². The van der Waals surface area contributed by atoms with Crippen LogP contribution in [0.25, 0.3) is 0 Å². The van der Waals surface area contributed by atoms with E-state index in [1.165, 1.54) is 18.6 Å². The fourth-order valence-electron chi connectivity index (χ4n) is 2.49. The molecule has 98 valence electrons. The summed E-state index contributed by atoms with van der Waals surface area (Å²) in [5.41, 5.74) is 0.550. The van der Waals surface area contributed by atoms with Crippen LogP contribution in [-0.2, 0) is 0 Å². The monoisotopic (exact) mass is 313 g/mol. The number of nitrogens with zero attached hydrogens (tertiary/aromatic N) is 1. The molecule has 4 heteroatoms. The molecule has 0 radical (unpaired) electrons. The van der Waals surface area contributed by atoms with Crippen molar-refractivity contribution in [1.82, 2.24) is 4.90 Å². The zero-order valence-corrected chi connectivity index (χ0v) is 12.0. The van der Waals surface area contributed by atoms with Crippen LogP contribution in [0.1, 0.15) is 36.5 Å². The van der Waals surface area contributed by atoms with Crippen LogP contribution in [0.2, 0.25) is 0 Å². The van der Waals surface area contributed by atoms with Crippen molar-refractivity contribution in [2.45, 2.75) is 26.2 Å². The fraction of sp³-hybridized carbons (Fsp3) is 0.500. The van der Waals surface area contributed by atoms with Gasteiger partial charge in [-0.05, 0) is 52.9 Å². The van der Waals surface area contributed by atoms with Gasteiger partial charge in [0.15, 0.2) is 0 Å². The van der Waals surface area contributed by atoms with Gasteiger partial charge in [-0.3, -0.25) is 4.79 Å². The van der Waals surface area contributed by atoms with Gasteiger partial charge >= 0.3 is 0 Å². The minimum atomic E-state index is -0.330. The van der Waals surface area contributed by atoms with E-state index in [1.807, 2.05) is 4.90 Å². The van der Waals surface area contributed by atoms with E-state index in [2.05, 4.69) is 22.9 Å². The molecule has 1 amide bonds. The average molecular weight is 314 g/mol. The molecule has 0 aromatic heterocycles. The molecule has 0 bridgehead atoms. The first-order chi connectivity index (χ1) is 8.61. The lowest BCUT2D eigenvalue weighted by molar-refractivity contribution is 0.0785. The highest BCUT2D eigenvalue weighted by Crippen LogP contribution is 2.25. The van der Waals surface area contributed by atoms with Crippen molar-refractivity contribution < 1.29 is 9.18 Å². The molecule has 1 aliphatic heterocycles. The lowest BCUT2D eigenvalue weighted by atomic mass is 10.0. The number of halogens is 2. The van der Waals surface area contributed by atoms with Crippen molar-refractivity contribution in [2.75, 3.05) is 13.1 Å². The van der Waals surface area contributed by atoms with Gasteiger partial charge in [-0.1, -0.05) is 13.3 Å². The molecule has 1 unspecified atom stereocenters. The first kappa shape index (κ1) is 13.5. The van der Waals surface area contributed by atoms with E-state index in [9.17, 15) is 9.18 Å². The zero-order chi connectivity index (χ0) is 13.1. The summed E-state index contributed by atoms with van der Waals surface area (Å²) in [4.78, 5) is 14.2. The van der Waals surface area contributed by atoms with E-state index in [0.29, 0.717) is 16.0 Å². The molecule has 1 aliphatic rings. The summed E-state index contributed by atoms with van der Waals surface area (Å²) in [6, 6.07) is 4.22. The SMILES string of the molecule is CCCC1CCN(C(=O)c2ccc(F)cc2Br)C1. The van der Waals surface area contributed by atoms with Gasteiger partial charge < -0.3 is 4.90 Å². The Morgan fingerprint density at radius 2 is 2.33 bits per heavy atom. The highest BCUT2D eigenvalue weighted by Gasteiger charge is 2.27. The number of carbonyl (C=O) groups is 1. The Morgan fingerprint density at radius 3 is 3.00 bits per heavy atom. The Kier molecular flexibility index (Phi) is 4.38. The van der Waals surface area contributed by atoms with Gasteiger partial charge in [-0.15, -0.1) is 0 Å². The number of amides is 1. The number of hydrogen-bond donors (Lipinski definition) is 0. The van der Waals surface area contributed by atoms with Crippen LogP contribution >= 0.6 is 15.9 Å². The Morgan fingerprint density at radius 1 is 1.56 bits per heavy atom. The maximum Gasteiger partial charge on any atom is 0.255 e. The Hall–Kier alpha value is -0.900. The smallest absolute Gasteiger partial charge is 0.255 e. The minimum absolute atomic E-state index is 0.000443. The molecule has 1 fully saturated rings.